The predicted molar refractivity (Wildman–Crippen MR) is 62.5 cm³/mol. The largest absolute Gasteiger partial charge is 0.306 e. The van der Waals surface area contributed by atoms with Crippen LogP contribution in [0.1, 0.15) is 15.2 Å². The number of hydrogen-bond acceptors (Lipinski definition) is 4. The van der Waals surface area contributed by atoms with Gasteiger partial charge in [-0.2, -0.15) is 11.8 Å². The van der Waals surface area contributed by atoms with Crippen LogP contribution in [0.2, 0.25) is 0 Å². The third-order valence-electron chi connectivity index (χ3n) is 2.36. The van der Waals surface area contributed by atoms with E-state index in [4.69, 9.17) is 0 Å². The molecule has 1 fully saturated rings. The zero-order valence-corrected chi connectivity index (χ0v) is 9.71. The van der Waals surface area contributed by atoms with Gasteiger partial charge in [0.1, 0.15) is 0 Å². The number of Topliss-reactive ketones (excluding diaryl/α,β-unsaturated/α-hetero) is 1. The molecule has 1 aliphatic rings. The van der Waals surface area contributed by atoms with Crippen molar-refractivity contribution >= 4 is 28.9 Å². The molecule has 1 saturated heterocycles. The third-order valence-corrected chi connectivity index (χ3v) is 4.27. The van der Waals surface area contributed by atoms with Crippen LogP contribution in [0.25, 0.3) is 0 Å². The number of carbonyl (C=O) groups is 1. The minimum atomic E-state index is 0.0297. The van der Waals surface area contributed by atoms with Crippen molar-refractivity contribution in [1.82, 2.24) is 5.32 Å². The Morgan fingerprint density at radius 1 is 1.64 bits per heavy atom. The second-order valence-electron chi connectivity index (χ2n) is 3.34. The molecule has 76 valence electrons. The molecule has 1 atom stereocenters. The number of thiophene rings is 1. The Labute approximate surface area is 92.1 Å². The standard InChI is InChI=1S/C10H13NOS2/c1-7-8(2-4-14-7)10(12)9-6-13-5-3-11-9/h2,4,9,11H,3,5-6H2,1H3. The van der Waals surface area contributed by atoms with Crippen LogP contribution in [-0.2, 0) is 0 Å². The number of ketones is 1. The molecular weight excluding hydrogens is 214 g/mol. The molecule has 1 aromatic heterocycles. The molecule has 1 unspecified atom stereocenters. The second kappa shape index (κ2) is 4.47. The van der Waals surface area contributed by atoms with Gasteiger partial charge in [0.2, 0.25) is 0 Å². The van der Waals surface area contributed by atoms with Crippen LogP contribution in [0.3, 0.4) is 0 Å². The summed E-state index contributed by atoms with van der Waals surface area (Å²) in [5.41, 5.74) is 0.898. The Hall–Kier alpha value is -0.320. The van der Waals surface area contributed by atoms with Gasteiger partial charge in [-0.15, -0.1) is 11.3 Å². The molecule has 0 amide bonds. The van der Waals surface area contributed by atoms with Gasteiger partial charge < -0.3 is 5.32 Å². The molecule has 0 bridgehead atoms. The lowest BCUT2D eigenvalue weighted by Gasteiger charge is -2.21. The topological polar surface area (TPSA) is 29.1 Å². The highest BCUT2D eigenvalue weighted by Gasteiger charge is 2.23. The van der Waals surface area contributed by atoms with Crippen LogP contribution in [0.5, 0.6) is 0 Å². The number of hydrogen-bond donors (Lipinski definition) is 1. The summed E-state index contributed by atoms with van der Waals surface area (Å²) in [7, 11) is 0. The molecule has 2 heterocycles. The van der Waals surface area contributed by atoms with Gasteiger partial charge >= 0.3 is 0 Å². The van der Waals surface area contributed by atoms with Crippen LogP contribution in [0.15, 0.2) is 11.4 Å². The molecule has 1 aromatic rings. The lowest BCUT2D eigenvalue weighted by molar-refractivity contribution is 0.0953. The second-order valence-corrected chi connectivity index (χ2v) is 5.61. The normalized spacial score (nSPS) is 22.2. The van der Waals surface area contributed by atoms with Gasteiger partial charge in [0.05, 0.1) is 6.04 Å². The summed E-state index contributed by atoms with van der Waals surface area (Å²) in [4.78, 5) is 13.1. The highest BCUT2D eigenvalue weighted by atomic mass is 32.2. The smallest absolute Gasteiger partial charge is 0.181 e. The van der Waals surface area contributed by atoms with Gasteiger partial charge in [0, 0.05) is 28.5 Å². The zero-order chi connectivity index (χ0) is 9.97. The van der Waals surface area contributed by atoms with Crippen molar-refractivity contribution in [2.24, 2.45) is 0 Å². The lowest BCUT2D eigenvalue weighted by atomic mass is 10.1. The van der Waals surface area contributed by atoms with Gasteiger partial charge in [0.15, 0.2) is 5.78 Å². The number of carbonyl (C=O) groups excluding carboxylic acids is 1. The average Bonchev–Trinajstić information content (AvgIpc) is 2.65. The van der Waals surface area contributed by atoms with Crippen LogP contribution < -0.4 is 5.32 Å². The minimum absolute atomic E-state index is 0.0297. The average molecular weight is 227 g/mol. The predicted octanol–water partition coefficient (Wildman–Crippen LogP) is 1.94. The van der Waals surface area contributed by atoms with Crippen molar-refractivity contribution in [3.63, 3.8) is 0 Å². The highest BCUT2D eigenvalue weighted by molar-refractivity contribution is 7.99. The molecule has 2 rings (SSSR count). The summed E-state index contributed by atoms with van der Waals surface area (Å²) < 4.78 is 0. The molecular formula is C10H13NOS2. The zero-order valence-electron chi connectivity index (χ0n) is 8.08. The first-order valence-corrected chi connectivity index (χ1v) is 6.72. The Morgan fingerprint density at radius 3 is 3.07 bits per heavy atom. The molecule has 14 heavy (non-hydrogen) atoms. The maximum Gasteiger partial charge on any atom is 0.181 e. The van der Waals surface area contributed by atoms with Gasteiger partial charge in [-0.05, 0) is 18.4 Å². The van der Waals surface area contributed by atoms with E-state index in [0.29, 0.717) is 0 Å². The van der Waals surface area contributed by atoms with Crippen LogP contribution in [0, 0.1) is 6.92 Å². The molecule has 2 nitrogen and oxygen atoms in total. The third kappa shape index (κ3) is 2.02. The summed E-state index contributed by atoms with van der Waals surface area (Å²) in [6, 6.07) is 1.96. The van der Waals surface area contributed by atoms with Crippen molar-refractivity contribution in [3.8, 4) is 0 Å². The summed E-state index contributed by atoms with van der Waals surface area (Å²) in [6.07, 6.45) is 0. The fraction of sp³-hybridized carbons (Fsp3) is 0.500. The lowest BCUT2D eigenvalue weighted by Crippen LogP contribution is -2.43. The van der Waals surface area contributed by atoms with Gasteiger partial charge in [-0.3, -0.25) is 4.79 Å². The maximum atomic E-state index is 12.0. The van der Waals surface area contributed by atoms with Gasteiger partial charge in [-0.1, -0.05) is 0 Å². The number of aryl methyl sites for hydroxylation is 1. The minimum Gasteiger partial charge on any atom is -0.306 e. The molecule has 0 saturated carbocycles. The van der Waals surface area contributed by atoms with Gasteiger partial charge in [0.25, 0.3) is 0 Å². The van der Waals surface area contributed by atoms with E-state index < -0.39 is 0 Å². The molecule has 4 heteroatoms. The van der Waals surface area contributed by atoms with Crippen molar-refractivity contribution < 1.29 is 4.79 Å². The van der Waals surface area contributed by atoms with Crippen molar-refractivity contribution in [2.75, 3.05) is 18.1 Å². The van der Waals surface area contributed by atoms with Gasteiger partial charge in [-0.25, -0.2) is 0 Å². The van der Waals surface area contributed by atoms with E-state index in [1.807, 2.05) is 30.1 Å². The highest BCUT2D eigenvalue weighted by Crippen LogP contribution is 2.19. The van der Waals surface area contributed by atoms with Crippen LogP contribution in [0.4, 0.5) is 0 Å². The Bertz CT molecular complexity index is 329. The molecule has 1 N–H and O–H groups in total. The molecule has 1 aliphatic heterocycles. The molecule has 0 radical (unpaired) electrons. The first-order chi connectivity index (χ1) is 6.79. The SMILES string of the molecule is Cc1sccc1C(=O)C1CSCCN1. The van der Waals surface area contributed by atoms with Crippen LogP contribution >= 0.6 is 23.1 Å². The van der Waals surface area contributed by atoms with E-state index in [0.717, 1.165) is 28.5 Å². The summed E-state index contributed by atoms with van der Waals surface area (Å²) in [6.45, 7) is 2.96. The van der Waals surface area contributed by atoms with E-state index in [9.17, 15) is 4.79 Å². The van der Waals surface area contributed by atoms with E-state index in [1.54, 1.807) is 11.3 Å². The summed E-state index contributed by atoms with van der Waals surface area (Å²) >= 11 is 3.50. The maximum absolute atomic E-state index is 12.0. The Kier molecular flexibility index (Phi) is 3.26. The van der Waals surface area contributed by atoms with E-state index >= 15 is 0 Å². The first-order valence-electron chi connectivity index (χ1n) is 4.68. The monoisotopic (exact) mass is 227 g/mol. The summed E-state index contributed by atoms with van der Waals surface area (Å²) in [5, 5.41) is 5.25. The Balaban J connectivity index is 2.11. The molecule has 0 aromatic carbocycles. The number of rotatable bonds is 2. The number of thioether (sulfide) groups is 1. The summed E-state index contributed by atoms with van der Waals surface area (Å²) in [5.74, 6) is 2.29. The van der Waals surface area contributed by atoms with Crippen molar-refractivity contribution in [1.29, 1.82) is 0 Å². The first kappa shape index (κ1) is 10.2. The van der Waals surface area contributed by atoms with E-state index in [-0.39, 0.29) is 11.8 Å². The fourth-order valence-electron chi connectivity index (χ4n) is 1.56. The van der Waals surface area contributed by atoms with E-state index in [1.165, 1.54) is 0 Å². The molecule has 0 spiro atoms. The van der Waals surface area contributed by atoms with Crippen molar-refractivity contribution in [3.05, 3.63) is 21.9 Å². The van der Waals surface area contributed by atoms with E-state index in [2.05, 4.69) is 5.32 Å². The van der Waals surface area contributed by atoms with Crippen LogP contribution in [-0.4, -0.2) is 29.9 Å². The molecule has 0 aliphatic carbocycles. The van der Waals surface area contributed by atoms with Crippen molar-refractivity contribution in [2.45, 2.75) is 13.0 Å². The quantitative estimate of drug-likeness (QED) is 0.783. The Morgan fingerprint density at radius 2 is 2.50 bits per heavy atom. The fourth-order valence-corrected chi connectivity index (χ4v) is 3.20. The number of nitrogens with one attached hydrogen (secondary N) is 1.